The SMILES string of the molecule is CNCCOc1ccccc1CN(C)C(=O)c1cc(-c2n[nH]c(=O)n2-c2ccccc2Cl)c(O)cc1O. The summed E-state index contributed by atoms with van der Waals surface area (Å²) in [6.45, 7) is 1.33. The average Bonchev–Trinajstić information content (AvgIpc) is 3.26. The average molecular weight is 524 g/mol. The molecule has 3 aromatic carbocycles. The Morgan fingerprint density at radius 2 is 1.86 bits per heavy atom. The number of para-hydroxylation sites is 2. The Labute approximate surface area is 217 Å². The van der Waals surface area contributed by atoms with Crippen LogP contribution in [0.15, 0.2) is 65.5 Å². The summed E-state index contributed by atoms with van der Waals surface area (Å²) >= 11 is 6.29. The number of phenolic OH excluding ortho intramolecular Hbond substituents is 2. The molecule has 4 N–H and O–H groups in total. The molecule has 1 aromatic heterocycles. The van der Waals surface area contributed by atoms with Gasteiger partial charge in [-0.15, -0.1) is 0 Å². The van der Waals surface area contributed by atoms with E-state index in [1.807, 2.05) is 31.3 Å². The second-order valence-electron chi connectivity index (χ2n) is 8.25. The van der Waals surface area contributed by atoms with Crippen LogP contribution < -0.4 is 15.7 Å². The van der Waals surface area contributed by atoms with Crippen molar-refractivity contribution in [2.24, 2.45) is 0 Å². The molecule has 0 saturated carbocycles. The highest BCUT2D eigenvalue weighted by Gasteiger charge is 2.24. The monoisotopic (exact) mass is 523 g/mol. The Kier molecular flexibility index (Phi) is 7.80. The number of carbonyl (C=O) groups is 1. The number of aromatic nitrogens is 3. The largest absolute Gasteiger partial charge is 0.507 e. The highest BCUT2D eigenvalue weighted by Crippen LogP contribution is 2.36. The molecule has 0 fully saturated rings. The van der Waals surface area contributed by atoms with Crippen LogP contribution in [0, 0.1) is 0 Å². The van der Waals surface area contributed by atoms with Crippen molar-refractivity contribution in [1.29, 1.82) is 0 Å². The number of hydrogen-bond donors (Lipinski definition) is 4. The van der Waals surface area contributed by atoms with Gasteiger partial charge in [-0.05, 0) is 31.3 Å². The Bertz CT molecular complexity index is 1480. The molecule has 192 valence electrons. The molecule has 0 saturated heterocycles. The number of ether oxygens (including phenoxy) is 1. The lowest BCUT2D eigenvalue weighted by molar-refractivity contribution is 0.0781. The Hall–Kier alpha value is -4.28. The van der Waals surface area contributed by atoms with Gasteiger partial charge in [0, 0.05) is 31.8 Å². The molecule has 10 nitrogen and oxygen atoms in total. The van der Waals surface area contributed by atoms with Crippen molar-refractivity contribution in [1.82, 2.24) is 25.0 Å². The second-order valence-corrected chi connectivity index (χ2v) is 8.65. The number of H-pyrrole nitrogens is 1. The Balaban J connectivity index is 1.68. The molecule has 4 rings (SSSR count). The highest BCUT2D eigenvalue weighted by molar-refractivity contribution is 6.32. The summed E-state index contributed by atoms with van der Waals surface area (Å²) in [5.41, 5.74) is 0.516. The molecule has 37 heavy (non-hydrogen) atoms. The van der Waals surface area contributed by atoms with E-state index in [-0.39, 0.29) is 34.3 Å². The van der Waals surface area contributed by atoms with Gasteiger partial charge in [0.1, 0.15) is 23.9 Å². The normalized spacial score (nSPS) is 10.9. The van der Waals surface area contributed by atoms with Crippen LogP contribution in [0.3, 0.4) is 0 Å². The molecule has 0 spiro atoms. The first-order valence-electron chi connectivity index (χ1n) is 11.4. The summed E-state index contributed by atoms with van der Waals surface area (Å²) in [4.78, 5) is 27.3. The molecule has 0 atom stereocenters. The maximum atomic E-state index is 13.4. The molecule has 0 aliphatic carbocycles. The summed E-state index contributed by atoms with van der Waals surface area (Å²) < 4.78 is 7.00. The number of halogens is 1. The third kappa shape index (κ3) is 5.45. The van der Waals surface area contributed by atoms with Crippen molar-refractivity contribution in [3.63, 3.8) is 0 Å². The van der Waals surface area contributed by atoms with Crippen molar-refractivity contribution < 1.29 is 19.7 Å². The number of hydrogen-bond acceptors (Lipinski definition) is 7. The summed E-state index contributed by atoms with van der Waals surface area (Å²) in [6.07, 6.45) is 0. The standard InChI is InChI=1S/C26H26ClN5O5/c1-28-11-12-37-23-10-6-3-7-16(23)15-31(2)25(35)18-13-17(21(33)14-22(18)34)24-29-30-26(36)32(24)20-9-5-4-8-19(20)27/h3-10,13-14,28,33-34H,11-12,15H2,1-2H3,(H,30,36). The van der Waals surface area contributed by atoms with Gasteiger partial charge in [-0.25, -0.2) is 14.5 Å². The number of carbonyl (C=O) groups excluding carboxylic acids is 1. The smallest absolute Gasteiger partial charge is 0.348 e. The van der Waals surface area contributed by atoms with Crippen molar-refractivity contribution in [2.75, 3.05) is 27.2 Å². The van der Waals surface area contributed by atoms with Crippen molar-refractivity contribution in [2.45, 2.75) is 6.54 Å². The van der Waals surface area contributed by atoms with Crippen LogP contribution in [-0.4, -0.2) is 63.0 Å². The molecule has 1 amide bonds. The first kappa shape index (κ1) is 25.8. The van der Waals surface area contributed by atoms with Crippen LogP contribution in [0.1, 0.15) is 15.9 Å². The van der Waals surface area contributed by atoms with E-state index in [0.717, 1.165) is 11.6 Å². The van der Waals surface area contributed by atoms with Gasteiger partial charge >= 0.3 is 5.69 Å². The quantitative estimate of drug-likeness (QED) is 0.248. The predicted molar refractivity (Wildman–Crippen MR) is 140 cm³/mol. The van der Waals surface area contributed by atoms with E-state index >= 15 is 0 Å². The minimum atomic E-state index is -0.588. The summed E-state index contributed by atoms with van der Waals surface area (Å²) in [5, 5.41) is 30.8. The third-order valence-electron chi connectivity index (χ3n) is 5.69. The fraction of sp³-hybridized carbons (Fsp3) is 0.192. The molecule has 4 aromatic rings. The number of amides is 1. The van der Waals surface area contributed by atoms with E-state index in [4.69, 9.17) is 16.3 Å². The maximum absolute atomic E-state index is 13.4. The van der Waals surface area contributed by atoms with Crippen molar-refractivity contribution >= 4 is 17.5 Å². The molecular formula is C26H26ClN5O5. The van der Waals surface area contributed by atoms with E-state index in [1.165, 1.54) is 15.5 Å². The molecule has 0 unspecified atom stereocenters. The number of phenols is 2. The zero-order valence-electron chi connectivity index (χ0n) is 20.2. The summed E-state index contributed by atoms with van der Waals surface area (Å²) in [5.74, 6) is -0.624. The van der Waals surface area contributed by atoms with Crippen molar-refractivity contribution in [3.8, 4) is 34.3 Å². The number of rotatable bonds is 9. The lowest BCUT2D eigenvalue weighted by atomic mass is 10.1. The molecule has 0 radical (unpaired) electrons. The first-order valence-corrected chi connectivity index (χ1v) is 11.8. The molecular weight excluding hydrogens is 498 g/mol. The van der Waals surface area contributed by atoms with Crippen LogP contribution in [0.2, 0.25) is 5.02 Å². The number of aromatic hydroxyl groups is 2. The minimum absolute atomic E-state index is 0.0237. The zero-order chi connectivity index (χ0) is 26.5. The van der Waals surface area contributed by atoms with Gasteiger partial charge in [0.15, 0.2) is 5.82 Å². The van der Waals surface area contributed by atoms with Crippen molar-refractivity contribution in [3.05, 3.63) is 87.3 Å². The van der Waals surface area contributed by atoms with Gasteiger partial charge in [0.05, 0.1) is 21.8 Å². The van der Waals surface area contributed by atoms with E-state index < -0.39 is 17.3 Å². The summed E-state index contributed by atoms with van der Waals surface area (Å²) in [6, 6.07) is 16.4. The topological polar surface area (TPSA) is 133 Å². The van der Waals surface area contributed by atoms with E-state index in [1.54, 1.807) is 31.3 Å². The van der Waals surface area contributed by atoms with Crippen LogP contribution in [0.25, 0.3) is 17.1 Å². The minimum Gasteiger partial charge on any atom is -0.507 e. The number of aromatic amines is 1. The maximum Gasteiger partial charge on any atom is 0.348 e. The molecule has 0 bridgehead atoms. The second kappa shape index (κ2) is 11.2. The molecule has 0 aliphatic heterocycles. The molecule has 0 aliphatic rings. The van der Waals surface area contributed by atoms with Crippen LogP contribution in [-0.2, 0) is 6.54 Å². The van der Waals surface area contributed by atoms with E-state index in [2.05, 4.69) is 15.5 Å². The van der Waals surface area contributed by atoms with Gasteiger partial charge in [0.2, 0.25) is 0 Å². The fourth-order valence-electron chi connectivity index (χ4n) is 3.83. The van der Waals surface area contributed by atoms with Crippen LogP contribution >= 0.6 is 11.6 Å². The molecule has 1 heterocycles. The lowest BCUT2D eigenvalue weighted by Crippen LogP contribution is -2.27. The van der Waals surface area contributed by atoms with Gasteiger partial charge in [-0.1, -0.05) is 41.9 Å². The fourth-order valence-corrected chi connectivity index (χ4v) is 4.05. The number of benzene rings is 3. The van der Waals surface area contributed by atoms with Gasteiger partial charge < -0.3 is 25.2 Å². The third-order valence-corrected chi connectivity index (χ3v) is 6.01. The van der Waals surface area contributed by atoms with Crippen LogP contribution in [0.5, 0.6) is 17.2 Å². The van der Waals surface area contributed by atoms with E-state index in [0.29, 0.717) is 24.6 Å². The van der Waals surface area contributed by atoms with Gasteiger partial charge in [0.25, 0.3) is 5.91 Å². The number of likely N-dealkylation sites (N-methyl/N-ethyl adjacent to an activating group) is 1. The Morgan fingerprint density at radius 1 is 1.14 bits per heavy atom. The summed E-state index contributed by atoms with van der Waals surface area (Å²) in [7, 11) is 3.42. The lowest BCUT2D eigenvalue weighted by Gasteiger charge is -2.20. The number of nitrogens with zero attached hydrogens (tertiary/aromatic N) is 3. The van der Waals surface area contributed by atoms with E-state index in [9.17, 15) is 19.8 Å². The van der Waals surface area contributed by atoms with Gasteiger partial charge in [-0.3, -0.25) is 4.79 Å². The Morgan fingerprint density at radius 3 is 2.62 bits per heavy atom. The van der Waals surface area contributed by atoms with Gasteiger partial charge in [-0.2, -0.15) is 5.10 Å². The number of nitrogens with one attached hydrogen (secondary N) is 2. The first-order chi connectivity index (χ1) is 17.8. The zero-order valence-corrected chi connectivity index (χ0v) is 21.0. The molecule has 11 heteroatoms. The predicted octanol–water partition coefficient (Wildman–Crippen LogP) is 3.16. The highest BCUT2D eigenvalue weighted by atomic mass is 35.5. The van der Waals surface area contributed by atoms with Crippen LogP contribution in [0.4, 0.5) is 0 Å².